The number of halogens is 2. The second kappa shape index (κ2) is 7.51. The van der Waals surface area contributed by atoms with Gasteiger partial charge in [-0.3, -0.25) is 4.89 Å². The van der Waals surface area contributed by atoms with E-state index < -0.39 is 16.1 Å². The summed E-state index contributed by atoms with van der Waals surface area (Å²) in [6, 6.07) is 6.94. The summed E-state index contributed by atoms with van der Waals surface area (Å²) in [5.74, 6) is 0. The minimum Gasteiger partial charge on any atom is -0.278 e. The predicted molar refractivity (Wildman–Crippen MR) is 70.9 cm³/mol. The molecule has 0 unspecified atom stereocenters. The van der Waals surface area contributed by atoms with E-state index in [9.17, 15) is 8.42 Å². The van der Waals surface area contributed by atoms with Gasteiger partial charge in [-0.15, -0.1) is 0 Å². The molecule has 1 aromatic heterocycles. The van der Waals surface area contributed by atoms with Crippen molar-refractivity contribution >= 4 is 62.9 Å². The first-order valence-electron chi connectivity index (χ1n) is 4.71. The molecule has 2 aromatic rings. The second-order valence-electron chi connectivity index (χ2n) is 3.07. The summed E-state index contributed by atoms with van der Waals surface area (Å²) in [5, 5.41) is -0.508. The zero-order valence-corrected chi connectivity index (χ0v) is 14.4. The molecular weight excluding hydrogens is 340 g/mol. The van der Waals surface area contributed by atoms with Gasteiger partial charge in [-0.2, -0.15) is 23.4 Å². The van der Waals surface area contributed by atoms with Crippen LogP contribution in [0.4, 0.5) is 0 Å². The summed E-state index contributed by atoms with van der Waals surface area (Å²) < 4.78 is 27.7. The molecule has 0 aliphatic carbocycles. The van der Waals surface area contributed by atoms with Gasteiger partial charge in [0.1, 0.15) is 0 Å². The van der Waals surface area contributed by atoms with Crippen molar-refractivity contribution in [1.29, 1.82) is 0 Å². The van der Waals surface area contributed by atoms with Crippen molar-refractivity contribution < 1.29 is 17.6 Å². The Morgan fingerprint density at radius 2 is 1.50 bits per heavy atom. The van der Waals surface area contributed by atoms with E-state index in [0.717, 1.165) is 0 Å². The Morgan fingerprint density at radius 3 is 2.05 bits per heavy atom. The number of benzene rings is 1. The van der Waals surface area contributed by atoms with E-state index in [1.165, 1.54) is 24.3 Å². The minimum atomic E-state index is -4.09. The van der Waals surface area contributed by atoms with Crippen LogP contribution < -0.4 is 4.89 Å². The Hall–Kier alpha value is -0.480. The Labute approximate surface area is 146 Å². The van der Waals surface area contributed by atoms with Crippen LogP contribution in [-0.4, -0.2) is 52.9 Å². The molecule has 1 aromatic carbocycles. The number of rotatable bonds is 4. The zero-order valence-electron chi connectivity index (χ0n) is 10.0. The van der Waals surface area contributed by atoms with Crippen molar-refractivity contribution in [2.45, 2.75) is 4.90 Å². The summed E-state index contributed by atoms with van der Waals surface area (Å²) in [5.41, 5.74) is 0. The first-order valence-corrected chi connectivity index (χ1v) is 6.87. The van der Waals surface area contributed by atoms with E-state index >= 15 is 0 Å². The Kier molecular flexibility index (Phi) is 6.59. The average Bonchev–Trinajstić information content (AvgIpc) is 2.37. The SMILES string of the molecule is O=S(=O)(OOc1nc(Cl)nc(Cl)n1)c1ccccc1.[Na]. The third-order valence-electron chi connectivity index (χ3n) is 1.79. The molecule has 0 aliphatic heterocycles. The first kappa shape index (κ1) is 17.6. The maximum absolute atomic E-state index is 11.7. The molecule has 0 bridgehead atoms. The summed E-state index contributed by atoms with van der Waals surface area (Å²) in [6.45, 7) is 0. The molecule has 0 spiro atoms. The van der Waals surface area contributed by atoms with Gasteiger partial charge in [0, 0.05) is 29.6 Å². The minimum absolute atomic E-state index is 0. The molecule has 0 aliphatic rings. The molecule has 0 saturated carbocycles. The van der Waals surface area contributed by atoms with Crippen LogP contribution in [0, 0.1) is 0 Å². The van der Waals surface area contributed by atoms with Gasteiger partial charge in [-0.1, -0.05) is 18.2 Å². The maximum atomic E-state index is 11.7. The van der Waals surface area contributed by atoms with Gasteiger partial charge >= 0.3 is 16.1 Å². The van der Waals surface area contributed by atoms with Crippen LogP contribution in [-0.2, 0) is 14.5 Å². The largest absolute Gasteiger partial charge is 0.360 e. The number of hydrogen-bond donors (Lipinski definition) is 0. The van der Waals surface area contributed by atoms with Crippen molar-refractivity contribution in [1.82, 2.24) is 15.0 Å². The molecule has 2 rings (SSSR count). The summed E-state index contributed by atoms with van der Waals surface area (Å²) in [7, 11) is -4.09. The number of hydrogen-bond acceptors (Lipinski definition) is 7. The third-order valence-corrected chi connectivity index (χ3v) is 3.23. The van der Waals surface area contributed by atoms with E-state index in [-0.39, 0.29) is 45.0 Å². The topological polar surface area (TPSA) is 91.3 Å². The van der Waals surface area contributed by atoms with Gasteiger partial charge in [-0.05, 0) is 39.7 Å². The van der Waals surface area contributed by atoms with Crippen LogP contribution >= 0.6 is 23.2 Å². The summed E-state index contributed by atoms with van der Waals surface area (Å²) in [6.07, 6.45) is 0. The fraction of sp³-hybridized carbons (Fsp3) is 0. The normalized spacial score (nSPS) is 10.7. The van der Waals surface area contributed by atoms with Crippen molar-refractivity contribution in [3.8, 4) is 6.01 Å². The second-order valence-corrected chi connectivity index (χ2v) is 5.27. The Bertz CT molecular complexity index is 667. The van der Waals surface area contributed by atoms with Gasteiger partial charge in [0.15, 0.2) is 0 Å². The van der Waals surface area contributed by atoms with E-state index in [0.29, 0.717) is 0 Å². The maximum Gasteiger partial charge on any atom is 0.360 e. The molecule has 0 fully saturated rings. The molecule has 0 amide bonds. The van der Waals surface area contributed by atoms with E-state index in [1.54, 1.807) is 6.07 Å². The Balaban J connectivity index is 0.00000200. The van der Waals surface area contributed by atoms with Crippen LogP contribution in [0.25, 0.3) is 0 Å². The standard InChI is InChI=1S/C9H5Cl2N3O4S.Na/c10-7-12-8(11)14-9(13-7)17-18-19(15,16)6-4-2-1-3-5-6;/h1-5H;. The molecule has 1 heterocycles. The molecular formula is C9H5Cl2N3NaO4S. The van der Waals surface area contributed by atoms with Crippen molar-refractivity contribution in [2.75, 3.05) is 0 Å². The van der Waals surface area contributed by atoms with Gasteiger partial charge in [-0.25, -0.2) is 0 Å². The van der Waals surface area contributed by atoms with Gasteiger partial charge < -0.3 is 0 Å². The Morgan fingerprint density at radius 1 is 0.950 bits per heavy atom. The smallest absolute Gasteiger partial charge is 0.278 e. The molecule has 11 heteroatoms. The van der Waals surface area contributed by atoms with Crippen LogP contribution in [0.2, 0.25) is 10.6 Å². The predicted octanol–water partition coefficient (Wildman–Crippen LogP) is 1.50. The fourth-order valence-electron chi connectivity index (χ4n) is 1.05. The van der Waals surface area contributed by atoms with E-state index in [2.05, 4.69) is 24.2 Å². The van der Waals surface area contributed by atoms with Crippen molar-refractivity contribution in [2.24, 2.45) is 0 Å². The third kappa shape index (κ3) is 4.81. The van der Waals surface area contributed by atoms with Crippen LogP contribution in [0.15, 0.2) is 35.2 Å². The fourth-order valence-corrected chi connectivity index (χ4v) is 2.12. The molecule has 101 valence electrons. The van der Waals surface area contributed by atoms with Crippen LogP contribution in [0.5, 0.6) is 6.01 Å². The molecule has 20 heavy (non-hydrogen) atoms. The molecule has 7 nitrogen and oxygen atoms in total. The van der Waals surface area contributed by atoms with E-state index in [4.69, 9.17) is 23.2 Å². The van der Waals surface area contributed by atoms with Gasteiger partial charge in [0.2, 0.25) is 10.6 Å². The monoisotopic (exact) mass is 344 g/mol. The van der Waals surface area contributed by atoms with E-state index in [1.807, 2.05) is 0 Å². The molecule has 0 atom stereocenters. The quantitative estimate of drug-likeness (QED) is 0.471. The average molecular weight is 345 g/mol. The molecule has 0 saturated heterocycles. The zero-order chi connectivity index (χ0) is 13.9. The number of aromatic nitrogens is 3. The summed E-state index contributed by atoms with van der Waals surface area (Å²) in [4.78, 5) is 14.8. The first-order chi connectivity index (χ1) is 8.97. The van der Waals surface area contributed by atoms with Gasteiger partial charge in [0.05, 0.1) is 4.90 Å². The number of nitrogens with zero attached hydrogens (tertiary/aromatic N) is 3. The van der Waals surface area contributed by atoms with Crippen molar-refractivity contribution in [3.63, 3.8) is 0 Å². The van der Waals surface area contributed by atoms with Crippen LogP contribution in [0.3, 0.4) is 0 Å². The van der Waals surface area contributed by atoms with Gasteiger partial charge in [0.25, 0.3) is 0 Å². The van der Waals surface area contributed by atoms with Crippen molar-refractivity contribution in [3.05, 3.63) is 40.9 Å². The van der Waals surface area contributed by atoms with Crippen LogP contribution in [0.1, 0.15) is 0 Å². The molecule has 1 radical (unpaired) electrons. The summed E-state index contributed by atoms with van der Waals surface area (Å²) >= 11 is 11.0. The molecule has 0 N–H and O–H groups in total.